The molecule has 0 aliphatic carbocycles. The van der Waals surface area contributed by atoms with Gasteiger partial charge in [0.2, 0.25) is 0 Å². The first-order valence-electron chi connectivity index (χ1n) is 7.09. The molecule has 2 rings (SSSR count). The van der Waals surface area contributed by atoms with Crippen LogP contribution in [0, 0.1) is 5.41 Å². The molecule has 1 N–H and O–H groups in total. The second kappa shape index (κ2) is 5.73. The number of ether oxygens (including phenoxy) is 2. The monoisotopic (exact) mass is 278 g/mol. The number of carbonyl (C=O) groups is 1. The Morgan fingerprint density at radius 2 is 2.00 bits per heavy atom. The second-order valence-corrected chi connectivity index (χ2v) is 5.80. The quantitative estimate of drug-likeness (QED) is 0.919. The van der Waals surface area contributed by atoms with Gasteiger partial charge in [-0.3, -0.25) is 4.79 Å². The molecule has 1 aliphatic rings. The van der Waals surface area contributed by atoms with Gasteiger partial charge in [-0.05, 0) is 38.3 Å². The van der Waals surface area contributed by atoms with Crippen LogP contribution in [-0.2, 0) is 17.6 Å². The molecule has 1 heterocycles. The Hall–Kier alpha value is -1.71. The SMILES string of the molecule is CCc1c(CC(C)(C)C(=O)O)ccc2c1OCCCO2. The van der Waals surface area contributed by atoms with Crippen molar-refractivity contribution in [3.8, 4) is 11.5 Å². The summed E-state index contributed by atoms with van der Waals surface area (Å²) in [5, 5.41) is 9.29. The summed E-state index contributed by atoms with van der Waals surface area (Å²) in [6.45, 7) is 6.86. The van der Waals surface area contributed by atoms with Crippen LogP contribution >= 0.6 is 0 Å². The summed E-state index contributed by atoms with van der Waals surface area (Å²) in [4.78, 5) is 11.3. The third-order valence-electron chi connectivity index (χ3n) is 3.68. The van der Waals surface area contributed by atoms with Gasteiger partial charge in [-0.25, -0.2) is 0 Å². The first-order valence-corrected chi connectivity index (χ1v) is 7.09. The molecule has 4 heteroatoms. The van der Waals surface area contributed by atoms with Crippen LogP contribution in [0.4, 0.5) is 0 Å². The molecule has 0 saturated carbocycles. The van der Waals surface area contributed by atoms with Gasteiger partial charge in [-0.15, -0.1) is 0 Å². The first kappa shape index (κ1) is 14.7. The fourth-order valence-electron chi connectivity index (χ4n) is 2.44. The summed E-state index contributed by atoms with van der Waals surface area (Å²) >= 11 is 0. The Balaban J connectivity index is 2.39. The average molecular weight is 278 g/mol. The Kier molecular flexibility index (Phi) is 4.21. The van der Waals surface area contributed by atoms with E-state index < -0.39 is 11.4 Å². The summed E-state index contributed by atoms with van der Waals surface area (Å²) < 4.78 is 11.5. The molecule has 0 bridgehead atoms. The van der Waals surface area contributed by atoms with E-state index in [2.05, 4.69) is 6.92 Å². The van der Waals surface area contributed by atoms with Crippen molar-refractivity contribution in [1.29, 1.82) is 0 Å². The maximum Gasteiger partial charge on any atom is 0.309 e. The Morgan fingerprint density at radius 1 is 1.30 bits per heavy atom. The van der Waals surface area contributed by atoms with Crippen molar-refractivity contribution in [3.63, 3.8) is 0 Å². The third-order valence-corrected chi connectivity index (χ3v) is 3.68. The number of aliphatic carboxylic acids is 1. The molecule has 0 amide bonds. The van der Waals surface area contributed by atoms with Gasteiger partial charge >= 0.3 is 5.97 Å². The van der Waals surface area contributed by atoms with Gasteiger partial charge < -0.3 is 14.6 Å². The van der Waals surface area contributed by atoms with Crippen molar-refractivity contribution in [2.24, 2.45) is 5.41 Å². The summed E-state index contributed by atoms with van der Waals surface area (Å²) in [6.07, 6.45) is 2.16. The molecule has 0 unspecified atom stereocenters. The van der Waals surface area contributed by atoms with Gasteiger partial charge in [-0.2, -0.15) is 0 Å². The average Bonchev–Trinajstić information content (AvgIpc) is 2.63. The van der Waals surface area contributed by atoms with E-state index >= 15 is 0 Å². The predicted octanol–water partition coefficient (Wildman–Crippen LogP) is 3.06. The van der Waals surface area contributed by atoms with Crippen molar-refractivity contribution in [1.82, 2.24) is 0 Å². The zero-order chi connectivity index (χ0) is 14.8. The fourth-order valence-corrected chi connectivity index (χ4v) is 2.44. The molecule has 4 nitrogen and oxygen atoms in total. The van der Waals surface area contributed by atoms with Crippen LogP contribution in [0.1, 0.15) is 38.3 Å². The lowest BCUT2D eigenvalue weighted by Crippen LogP contribution is -2.26. The molecule has 0 atom stereocenters. The van der Waals surface area contributed by atoms with E-state index in [1.807, 2.05) is 12.1 Å². The normalized spacial score (nSPS) is 14.8. The van der Waals surface area contributed by atoms with E-state index in [1.54, 1.807) is 13.8 Å². The van der Waals surface area contributed by atoms with E-state index in [0.29, 0.717) is 19.6 Å². The minimum atomic E-state index is -0.788. The predicted molar refractivity (Wildman–Crippen MR) is 76.5 cm³/mol. The highest BCUT2D eigenvalue weighted by molar-refractivity contribution is 5.74. The standard InChI is InChI=1S/C16H22O4/c1-4-12-11(10-16(2,3)15(17)18)6-7-13-14(12)20-9-5-8-19-13/h6-7H,4-5,8-10H2,1-3H3,(H,17,18). The van der Waals surface area contributed by atoms with Gasteiger partial charge in [0.25, 0.3) is 0 Å². The highest BCUT2D eigenvalue weighted by atomic mass is 16.5. The molecule has 1 aromatic carbocycles. The van der Waals surface area contributed by atoms with E-state index in [0.717, 1.165) is 35.5 Å². The molecule has 0 fully saturated rings. The van der Waals surface area contributed by atoms with E-state index in [4.69, 9.17) is 9.47 Å². The molecule has 1 aromatic rings. The van der Waals surface area contributed by atoms with Crippen LogP contribution in [0.25, 0.3) is 0 Å². The zero-order valence-electron chi connectivity index (χ0n) is 12.4. The largest absolute Gasteiger partial charge is 0.490 e. The maximum absolute atomic E-state index is 11.3. The number of benzene rings is 1. The van der Waals surface area contributed by atoms with Gasteiger partial charge in [-0.1, -0.05) is 13.0 Å². The topological polar surface area (TPSA) is 55.8 Å². The summed E-state index contributed by atoms with van der Waals surface area (Å²) in [5.74, 6) is 0.784. The second-order valence-electron chi connectivity index (χ2n) is 5.80. The van der Waals surface area contributed by atoms with Crippen LogP contribution in [-0.4, -0.2) is 24.3 Å². The lowest BCUT2D eigenvalue weighted by atomic mass is 9.83. The summed E-state index contributed by atoms with van der Waals surface area (Å²) in [6, 6.07) is 3.87. The number of fused-ring (bicyclic) bond motifs is 1. The van der Waals surface area contributed by atoms with Crippen molar-refractivity contribution in [2.75, 3.05) is 13.2 Å². The molecule has 0 aromatic heterocycles. The Morgan fingerprint density at radius 3 is 2.65 bits per heavy atom. The van der Waals surface area contributed by atoms with E-state index in [-0.39, 0.29) is 0 Å². The van der Waals surface area contributed by atoms with Crippen molar-refractivity contribution in [2.45, 2.75) is 40.0 Å². The van der Waals surface area contributed by atoms with Crippen molar-refractivity contribution < 1.29 is 19.4 Å². The maximum atomic E-state index is 11.3. The third kappa shape index (κ3) is 2.89. The highest BCUT2D eigenvalue weighted by Crippen LogP contribution is 2.38. The molecule has 20 heavy (non-hydrogen) atoms. The number of rotatable bonds is 4. The van der Waals surface area contributed by atoms with Crippen LogP contribution in [0.15, 0.2) is 12.1 Å². The van der Waals surface area contributed by atoms with Crippen LogP contribution < -0.4 is 9.47 Å². The molecule has 1 aliphatic heterocycles. The number of hydrogen-bond donors (Lipinski definition) is 1. The van der Waals surface area contributed by atoms with Crippen LogP contribution in [0.2, 0.25) is 0 Å². The van der Waals surface area contributed by atoms with Gasteiger partial charge in [0.05, 0.1) is 18.6 Å². The molecule has 0 radical (unpaired) electrons. The van der Waals surface area contributed by atoms with Gasteiger partial charge in [0, 0.05) is 12.0 Å². The van der Waals surface area contributed by atoms with Crippen LogP contribution in [0.3, 0.4) is 0 Å². The minimum Gasteiger partial charge on any atom is -0.490 e. The van der Waals surface area contributed by atoms with E-state index in [1.165, 1.54) is 0 Å². The summed E-state index contributed by atoms with van der Waals surface area (Å²) in [5.41, 5.74) is 1.31. The first-order chi connectivity index (χ1) is 9.45. The zero-order valence-corrected chi connectivity index (χ0v) is 12.4. The van der Waals surface area contributed by atoms with Crippen LogP contribution in [0.5, 0.6) is 11.5 Å². The lowest BCUT2D eigenvalue weighted by molar-refractivity contribution is -0.146. The molecule has 0 spiro atoms. The van der Waals surface area contributed by atoms with Crippen molar-refractivity contribution in [3.05, 3.63) is 23.3 Å². The Labute approximate surface area is 119 Å². The lowest BCUT2D eigenvalue weighted by Gasteiger charge is -2.22. The van der Waals surface area contributed by atoms with Gasteiger partial charge in [0.15, 0.2) is 11.5 Å². The minimum absolute atomic E-state index is 0.488. The molecular weight excluding hydrogens is 256 g/mol. The van der Waals surface area contributed by atoms with Crippen molar-refractivity contribution >= 4 is 5.97 Å². The molecular formula is C16H22O4. The highest BCUT2D eigenvalue weighted by Gasteiger charge is 2.29. The number of carboxylic acids is 1. The summed E-state index contributed by atoms with van der Waals surface area (Å²) in [7, 11) is 0. The number of hydrogen-bond acceptors (Lipinski definition) is 3. The molecule has 110 valence electrons. The fraction of sp³-hybridized carbons (Fsp3) is 0.562. The van der Waals surface area contributed by atoms with E-state index in [9.17, 15) is 9.90 Å². The van der Waals surface area contributed by atoms with Gasteiger partial charge in [0.1, 0.15) is 0 Å². The Bertz CT molecular complexity index is 505. The number of carboxylic acid groups (broad SMARTS) is 1. The molecule has 0 saturated heterocycles. The smallest absolute Gasteiger partial charge is 0.309 e.